The van der Waals surface area contributed by atoms with E-state index in [9.17, 15) is 9.59 Å². The molecule has 0 fully saturated rings. The molecular formula is C23H19BrN2O2. The van der Waals surface area contributed by atoms with E-state index in [1.165, 1.54) is 0 Å². The fraction of sp³-hybridized carbons (Fsp3) is 0.130. The van der Waals surface area contributed by atoms with Crippen LogP contribution in [-0.4, -0.2) is 17.9 Å². The topological polar surface area (TPSA) is 49.4 Å². The molecule has 140 valence electrons. The van der Waals surface area contributed by atoms with Gasteiger partial charge < -0.3 is 5.32 Å². The average Bonchev–Trinajstić information content (AvgIpc) is 3.12. The fourth-order valence-electron chi connectivity index (χ4n) is 3.52. The number of nitrogens with one attached hydrogen (secondary N) is 1. The summed E-state index contributed by atoms with van der Waals surface area (Å²) in [6.07, 6.45) is 0.513. The Morgan fingerprint density at radius 2 is 1.71 bits per heavy atom. The van der Waals surface area contributed by atoms with E-state index in [4.69, 9.17) is 0 Å². The number of carbonyl (C=O) groups excluding carboxylic acids is 2. The van der Waals surface area contributed by atoms with Crippen molar-refractivity contribution in [3.8, 4) is 0 Å². The average molecular weight is 435 g/mol. The summed E-state index contributed by atoms with van der Waals surface area (Å²) in [6.45, 7) is 0.415. The lowest BCUT2D eigenvalue weighted by atomic mass is 10.1. The Balaban J connectivity index is 1.58. The van der Waals surface area contributed by atoms with Crippen LogP contribution in [0, 0.1) is 0 Å². The van der Waals surface area contributed by atoms with E-state index in [0.29, 0.717) is 18.5 Å². The van der Waals surface area contributed by atoms with Crippen molar-refractivity contribution in [2.45, 2.75) is 19.0 Å². The lowest BCUT2D eigenvalue weighted by Gasteiger charge is -2.25. The summed E-state index contributed by atoms with van der Waals surface area (Å²) < 4.78 is 0.966. The van der Waals surface area contributed by atoms with E-state index in [1.54, 1.807) is 17.0 Å². The van der Waals surface area contributed by atoms with Crippen molar-refractivity contribution in [3.63, 3.8) is 0 Å². The van der Waals surface area contributed by atoms with Crippen molar-refractivity contribution < 1.29 is 9.59 Å². The monoisotopic (exact) mass is 434 g/mol. The Bertz CT molecular complexity index is 1020. The molecule has 28 heavy (non-hydrogen) atoms. The first kappa shape index (κ1) is 18.4. The molecule has 0 saturated carbocycles. The van der Waals surface area contributed by atoms with Crippen molar-refractivity contribution in [2.24, 2.45) is 0 Å². The van der Waals surface area contributed by atoms with Gasteiger partial charge in [0.2, 0.25) is 5.91 Å². The number of hydrogen-bond acceptors (Lipinski definition) is 2. The zero-order valence-electron chi connectivity index (χ0n) is 15.1. The first-order valence-electron chi connectivity index (χ1n) is 9.12. The largest absolute Gasteiger partial charge is 0.350 e. The van der Waals surface area contributed by atoms with Gasteiger partial charge in [0.05, 0.1) is 0 Å². The van der Waals surface area contributed by atoms with E-state index >= 15 is 0 Å². The Labute approximate surface area is 172 Å². The molecule has 1 atom stereocenters. The van der Waals surface area contributed by atoms with Crippen LogP contribution in [0.1, 0.15) is 21.5 Å². The number of hydrogen-bond donors (Lipinski definition) is 1. The van der Waals surface area contributed by atoms with Crippen LogP contribution in [0.25, 0.3) is 0 Å². The van der Waals surface area contributed by atoms with Crippen molar-refractivity contribution in [2.75, 3.05) is 4.90 Å². The number of rotatable bonds is 4. The smallest absolute Gasteiger partial charge is 0.259 e. The van der Waals surface area contributed by atoms with Crippen molar-refractivity contribution >= 4 is 33.4 Å². The van der Waals surface area contributed by atoms with Gasteiger partial charge in [-0.3, -0.25) is 14.5 Å². The first-order chi connectivity index (χ1) is 13.6. The third kappa shape index (κ3) is 3.71. The third-order valence-corrected chi connectivity index (χ3v) is 5.37. The summed E-state index contributed by atoms with van der Waals surface area (Å²) in [5.41, 5.74) is 3.39. The summed E-state index contributed by atoms with van der Waals surface area (Å²) >= 11 is 3.44. The lowest BCUT2D eigenvalue weighted by molar-refractivity contribution is -0.122. The zero-order chi connectivity index (χ0) is 19.5. The van der Waals surface area contributed by atoms with Gasteiger partial charge >= 0.3 is 0 Å². The lowest BCUT2D eigenvalue weighted by Crippen LogP contribution is -2.48. The van der Waals surface area contributed by atoms with Crippen LogP contribution in [-0.2, 0) is 17.8 Å². The predicted molar refractivity (Wildman–Crippen MR) is 113 cm³/mol. The summed E-state index contributed by atoms with van der Waals surface area (Å²) in [4.78, 5) is 27.8. The number of anilines is 1. The molecule has 0 aliphatic carbocycles. The molecule has 0 saturated heterocycles. The Morgan fingerprint density at radius 1 is 0.964 bits per heavy atom. The third-order valence-electron chi connectivity index (χ3n) is 4.87. The van der Waals surface area contributed by atoms with Crippen molar-refractivity contribution in [1.29, 1.82) is 0 Å². The number of amides is 2. The van der Waals surface area contributed by atoms with Crippen LogP contribution in [0.15, 0.2) is 83.3 Å². The van der Waals surface area contributed by atoms with Gasteiger partial charge in [0, 0.05) is 28.7 Å². The molecular weight excluding hydrogens is 416 g/mol. The highest BCUT2D eigenvalue weighted by molar-refractivity contribution is 9.10. The minimum atomic E-state index is -0.558. The molecule has 0 spiro atoms. The van der Waals surface area contributed by atoms with Crippen LogP contribution < -0.4 is 10.2 Å². The highest BCUT2D eigenvalue weighted by Crippen LogP contribution is 2.33. The number of fused-ring (bicyclic) bond motifs is 1. The summed E-state index contributed by atoms with van der Waals surface area (Å²) in [7, 11) is 0. The minimum absolute atomic E-state index is 0.152. The first-order valence-corrected chi connectivity index (χ1v) is 9.91. The molecule has 3 aromatic carbocycles. The molecule has 1 aliphatic heterocycles. The second-order valence-corrected chi connectivity index (χ2v) is 7.65. The van der Waals surface area contributed by atoms with E-state index in [0.717, 1.165) is 21.3 Å². The van der Waals surface area contributed by atoms with E-state index in [1.807, 2.05) is 66.7 Å². The standard InChI is InChI=1S/C23H19BrN2O2/c24-19-11-6-7-16(13-19)15-25-22(27)21-14-18-10-4-5-12-20(18)26(21)23(28)17-8-2-1-3-9-17/h1-13,21H,14-15H2,(H,25,27). The Morgan fingerprint density at radius 3 is 2.50 bits per heavy atom. The van der Waals surface area contributed by atoms with Crippen LogP contribution >= 0.6 is 15.9 Å². The van der Waals surface area contributed by atoms with Gasteiger partial charge in [0.15, 0.2) is 0 Å². The molecule has 1 heterocycles. The fourth-order valence-corrected chi connectivity index (χ4v) is 3.97. The SMILES string of the molecule is O=C(NCc1cccc(Br)c1)C1Cc2ccccc2N1C(=O)c1ccccc1. The van der Waals surface area contributed by atoms with Gasteiger partial charge in [-0.15, -0.1) is 0 Å². The van der Waals surface area contributed by atoms with Crippen LogP contribution in [0.2, 0.25) is 0 Å². The molecule has 0 aromatic heterocycles. The highest BCUT2D eigenvalue weighted by Gasteiger charge is 2.38. The number of halogens is 1. The molecule has 0 radical (unpaired) electrons. The van der Waals surface area contributed by atoms with Crippen molar-refractivity contribution in [1.82, 2.24) is 5.32 Å². The van der Waals surface area contributed by atoms with E-state index in [2.05, 4.69) is 21.2 Å². The molecule has 0 bridgehead atoms. The summed E-state index contributed by atoms with van der Waals surface area (Å²) in [5.74, 6) is -0.311. The maximum absolute atomic E-state index is 13.2. The van der Waals surface area contributed by atoms with Gasteiger partial charge in [0.25, 0.3) is 5.91 Å². The summed E-state index contributed by atoms with van der Waals surface area (Å²) in [6, 6.07) is 24.0. The van der Waals surface area contributed by atoms with Gasteiger partial charge in [0.1, 0.15) is 6.04 Å². The van der Waals surface area contributed by atoms with Crippen LogP contribution in [0.4, 0.5) is 5.69 Å². The maximum atomic E-state index is 13.2. The van der Waals surface area contributed by atoms with Gasteiger partial charge in [-0.25, -0.2) is 0 Å². The minimum Gasteiger partial charge on any atom is -0.350 e. The predicted octanol–water partition coefficient (Wildman–Crippen LogP) is 4.34. The van der Waals surface area contributed by atoms with Crippen molar-refractivity contribution in [3.05, 3.63) is 100 Å². The highest BCUT2D eigenvalue weighted by atomic mass is 79.9. The van der Waals surface area contributed by atoms with Crippen LogP contribution in [0.3, 0.4) is 0 Å². The molecule has 1 unspecified atom stereocenters. The molecule has 2 amide bonds. The molecule has 5 heteroatoms. The number of nitrogens with zero attached hydrogens (tertiary/aromatic N) is 1. The second kappa shape index (κ2) is 7.98. The molecule has 4 rings (SSSR count). The van der Waals surface area contributed by atoms with Gasteiger partial charge in [-0.1, -0.05) is 64.5 Å². The van der Waals surface area contributed by atoms with E-state index in [-0.39, 0.29) is 11.8 Å². The van der Waals surface area contributed by atoms with Gasteiger partial charge in [-0.2, -0.15) is 0 Å². The molecule has 4 nitrogen and oxygen atoms in total. The molecule has 1 aliphatic rings. The number of benzene rings is 3. The summed E-state index contributed by atoms with van der Waals surface area (Å²) in [5, 5.41) is 2.99. The zero-order valence-corrected chi connectivity index (χ0v) is 16.7. The second-order valence-electron chi connectivity index (χ2n) is 6.74. The molecule has 1 N–H and O–H groups in total. The quantitative estimate of drug-likeness (QED) is 0.663. The molecule has 3 aromatic rings. The number of para-hydroxylation sites is 1. The van der Waals surface area contributed by atoms with Crippen LogP contribution in [0.5, 0.6) is 0 Å². The van der Waals surface area contributed by atoms with E-state index < -0.39 is 6.04 Å². The Kier molecular flexibility index (Phi) is 5.26. The number of carbonyl (C=O) groups is 2. The maximum Gasteiger partial charge on any atom is 0.259 e. The Hall–Kier alpha value is -2.92. The van der Waals surface area contributed by atoms with Gasteiger partial charge in [-0.05, 0) is 41.5 Å². The normalized spacial score (nSPS) is 15.2.